The fourth-order valence-electron chi connectivity index (χ4n) is 2.79. The second kappa shape index (κ2) is 8.19. The molecule has 29 heavy (non-hydrogen) atoms. The molecule has 0 aliphatic carbocycles. The van der Waals surface area contributed by atoms with Crippen molar-refractivity contribution in [2.24, 2.45) is 0 Å². The van der Waals surface area contributed by atoms with E-state index in [4.69, 9.17) is 11.6 Å². The number of halogens is 1. The highest BCUT2D eigenvalue weighted by Gasteiger charge is 2.18. The molecule has 0 spiro atoms. The molecule has 150 valence electrons. The van der Waals surface area contributed by atoms with Gasteiger partial charge in [-0.15, -0.1) is 0 Å². The minimum absolute atomic E-state index is 0.294. The third-order valence-electron chi connectivity index (χ3n) is 4.18. The van der Waals surface area contributed by atoms with Crippen LogP contribution in [0.2, 0.25) is 5.02 Å². The Morgan fingerprint density at radius 1 is 1.34 bits per heavy atom. The van der Waals surface area contributed by atoms with Crippen molar-refractivity contribution in [3.63, 3.8) is 0 Å². The summed E-state index contributed by atoms with van der Waals surface area (Å²) in [6, 6.07) is 7.26. The van der Waals surface area contributed by atoms with Gasteiger partial charge in [0, 0.05) is 23.7 Å². The van der Waals surface area contributed by atoms with Crippen molar-refractivity contribution in [2.75, 3.05) is 32.5 Å². The molecule has 11 heteroatoms. The van der Waals surface area contributed by atoms with Crippen LogP contribution in [0.4, 0.5) is 9.93 Å². The van der Waals surface area contributed by atoms with Crippen LogP contribution in [-0.2, 0) is 0 Å². The topological polar surface area (TPSA) is 104 Å². The summed E-state index contributed by atoms with van der Waals surface area (Å²) in [5.41, 5.74) is 2.26. The zero-order valence-electron chi connectivity index (χ0n) is 15.8. The van der Waals surface area contributed by atoms with Crippen molar-refractivity contribution >= 4 is 44.4 Å². The van der Waals surface area contributed by atoms with Gasteiger partial charge in [0.15, 0.2) is 16.6 Å². The molecule has 4 aromatic rings. The van der Waals surface area contributed by atoms with Gasteiger partial charge >= 0.3 is 6.03 Å². The monoisotopic (exact) mass is 430 g/mol. The molecule has 0 saturated carbocycles. The summed E-state index contributed by atoms with van der Waals surface area (Å²) < 4.78 is 2.65. The molecule has 0 aliphatic heterocycles. The lowest BCUT2D eigenvalue weighted by molar-refractivity contribution is 0.250. The van der Waals surface area contributed by atoms with Gasteiger partial charge in [-0.2, -0.15) is 5.10 Å². The summed E-state index contributed by atoms with van der Waals surface area (Å²) in [4.78, 5) is 22.7. The number of imidazole rings is 1. The van der Waals surface area contributed by atoms with Crippen molar-refractivity contribution in [3.05, 3.63) is 41.8 Å². The van der Waals surface area contributed by atoms with E-state index in [9.17, 15) is 4.79 Å². The molecular formula is C18H19ClN8OS. The number of carbonyl (C=O) groups is 1. The number of hydrogen-bond acceptors (Lipinski definition) is 6. The van der Waals surface area contributed by atoms with Crippen LogP contribution in [0.15, 0.2) is 36.8 Å². The lowest BCUT2D eigenvalue weighted by Gasteiger charge is -2.10. The SMILES string of the molecule is CN(C)CCNC(=O)Nc1nc2[nH]nc(-n3cncc3-c3ccccc3Cl)c2s1. The van der Waals surface area contributed by atoms with Gasteiger partial charge in [0.05, 0.1) is 11.9 Å². The van der Waals surface area contributed by atoms with E-state index in [2.05, 4.69) is 30.8 Å². The number of aromatic nitrogens is 5. The van der Waals surface area contributed by atoms with E-state index in [0.717, 1.165) is 22.5 Å². The molecule has 1 aromatic carbocycles. The molecule has 0 aliphatic rings. The van der Waals surface area contributed by atoms with Gasteiger partial charge in [-0.1, -0.05) is 41.1 Å². The van der Waals surface area contributed by atoms with Crippen LogP contribution in [0.3, 0.4) is 0 Å². The van der Waals surface area contributed by atoms with Gasteiger partial charge in [-0.25, -0.2) is 14.8 Å². The van der Waals surface area contributed by atoms with Crippen molar-refractivity contribution in [2.45, 2.75) is 0 Å². The number of nitrogens with zero attached hydrogens (tertiary/aromatic N) is 5. The number of anilines is 1. The smallest absolute Gasteiger partial charge is 0.321 e. The second-order valence-corrected chi connectivity index (χ2v) is 7.96. The number of nitrogens with one attached hydrogen (secondary N) is 3. The van der Waals surface area contributed by atoms with Crippen LogP contribution in [0.25, 0.3) is 27.4 Å². The van der Waals surface area contributed by atoms with E-state index in [0.29, 0.717) is 28.2 Å². The normalized spacial score (nSPS) is 11.3. The third-order valence-corrected chi connectivity index (χ3v) is 5.48. The van der Waals surface area contributed by atoms with E-state index in [1.54, 1.807) is 12.5 Å². The molecule has 3 aromatic heterocycles. The largest absolute Gasteiger partial charge is 0.337 e. The Labute approximate surface area is 175 Å². The first-order valence-electron chi connectivity index (χ1n) is 8.85. The minimum atomic E-state index is -0.294. The highest BCUT2D eigenvalue weighted by molar-refractivity contribution is 7.22. The average Bonchev–Trinajstić information content (AvgIpc) is 3.37. The quantitative estimate of drug-likeness (QED) is 0.435. The first-order valence-corrected chi connectivity index (χ1v) is 10.0. The number of carbonyl (C=O) groups excluding carboxylic acids is 1. The van der Waals surface area contributed by atoms with Gasteiger partial charge < -0.3 is 10.2 Å². The number of likely N-dealkylation sites (N-methyl/N-ethyl adjacent to an activating group) is 1. The maximum atomic E-state index is 12.1. The number of H-pyrrole nitrogens is 1. The Hall–Kier alpha value is -2.95. The highest BCUT2D eigenvalue weighted by atomic mass is 35.5. The van der Waals surface area contributed by atoms with Gasteiger partial charge in [-0.05, 0) is 20.2 Å². The van der Waals surface area contributed by atoms with Crippen molar-refractivity contribution < 1.29 is 4.79 Å². The first kappa shape index (κ1) is 19.4. The molecule has 2 amide bonds. The number of aromatic amines is 1. The first-order chi connectivity index (χ1) is 14.0. The second-order valence-electron chi connectivity index (χ2n) is 6.56. The van der Waals surface area contributed by atoms with E-state index in [-0.39, 0.29) is 6.03 Å². The van der Waals surface area contributed by atoms with Gasteiger partial charge in [-0.3, -0.25) is 15.0 Å². The molecule has 4 rings (SSSR count). The number of thiazole rings is 1. The Kier molecular flexibility index (Phi) is 5.47. The Bertz CT molecular complexity index is 1150. The van der Waals surface area contributed by atoms with E-state index < -0.39 is 0 Å². The van der Waals surface area contributed by atoms with Gasteiger partial charge in [0.1, 0.15) is 11.0 Å². The zero-order valence-corrected chi connectivity index (χ0v) is 17.4. The highest BCUT2D eigenvalue weighted by Crippen LogP contribution is 2.33. The number of rotatable bonds is 6. The summed E-state index contributed by atoms with van der Waals surface area (Å²) in [6.45, 7) is 1.30. The summed E-state index contributed by atoms with van der Waals surface area (Å²) in [7, 11) is 3.90. The summed E-state index contributed by atoms with van der Waals surface area (Å²) in [5, 5.41) is 14.0. The molecule has 0 bridgehead atoms. The maximum absolute atomic E-state index is 12.1. The Morgan fingerprint density at radius 2 is 2.17 bits per heavy atom. The molecule has 0 unspecified atom stereocenters. The van der Waals surface area contributed by atoms with Gasteiger partial charge in [0.25, 0.3) is 0 Å². The summed E-state index contributed by atoms with van der Waals surface area (Å²) >= 11 is 7.69. The molecule has 3 heterocycles. The maximum Gasteiger partial charge on any atom is 0.321 e. The Balaban J connectivity index is 1.59. The summed E-state index contributed by atoms with van der Waals surface area (Å²) in [6.07, 6.45) is 3.41. The number of fused-ring (bicyclic) bond motifs is 1. The average molecular weight is 431 g/mol. The van der Waals surface area contributed by atoms with Crippen LogP contribution in [0.5, 0.6) is 0 Å². The third kappa shape index (κ3) is 4.09. The van der Waals surface area contributed by atoms with E-state index in [1.807, 2.05) is 47.8 Å². The molecule has 3 N–H and O–H groups in total. The van der Waals surface area contributed by atoms with Crippen LogP contribution >= 0.6 is 22.9 Å². The Morgan fingerprint density at radius 3 is 2.97 bits per heavy atom. The molecule has 0 atom stereocenters. The molecule has 0 fully saturated rings. The fraction of sp³-hybridized carbons (Fsp3) is 0.222. The van der Waals surface area contributed by atoms with Crippen molar-refractivity contribution in [1.82, 2.24) is 34.9 Å². The summed E-state index contributed by atoms with van der Waals surface area (Å²) in [5.74, 6) is 0.644. The standard InChI is InChI=1S/C18H19ClN8OS/c1-26(2)8-7-21-17(28)23-18-22-15-14(29-18)16(25-24-15)27-10-20-9-13(27)11-5-3-4-6-12(11)19/h3-6,9-10H,7-8H2,1-2H3,(H3,21,22,23,24,25,28). The number of amides is 2. The predicted octanol–water partition coefficient (Wildman–Crippen LogP) is 3.21. The van der Waals surface area contributed by atoms with Gasteiger partial charge in [0.2, 0.25) is 0 Å². The molecular weight excluding hydrogens is 412 g/mol. The number of hydrogen-bond donors (Lipinski definition) is 3. The zero-order chi connectivity index (χ0) is 20.4. The van der Waals surface area contributed by atoms with Crippen molar-refractivity contribution in [3.8, 4) is 17.1 Å². The van der Waals surface area contributed by atoms with Crippen LogP contribution in [-0.4, -0.2) is 62.8 Å². The van der Waals surface area contributed by atoms with Crippen LogP contribution in [0, 0.1) is 0 Å². The van der Waals surface area contributed by atoms with Crippen LogP contribution < -0.4 is 10.6 Å². The molecule has 0 saturated heterocycles. The number of benzene rings is 1. The minimum Gasteiger partial charge on any atom is -0.337 e. The van der Waals surface area contributed by atoms with E-state index in [1.165, 1.54) is 11.3 Å². The van der Waals surface area contributed by atoms with Crippen molar-refractivity contribution in [1.29, 1.82) is 0 Å². The predicted molar refractivity (Wildman–Crippen MR) is 115 cm³/mol. The number of urea groups is 1. The molecule has 0 radical (unpaired) electrons. The lowest BCUT2D eigenvalue weighted by atomic mass is 10.1. The lowest BCUT2D eigenvalue weighted by Crippen LogP contribution is -2.34. The fourth-order valence-corrected chi connectivity index (χ4v) is 3.92. The van der Waals surface area contributed by atoms with E-state index >= 15 is 0 Å². The van der Waals surface area contributed by atoms with Crippen LogP contribution in [0.1, 0.15) is 0 Å². The molecule has 9 nitrogen and oxygen atoms in total.